The highest BCUT2D eigenvalue weighted by Crippen LogP contribution is 2.33. The Morgan fingerprint density at radius 2 is 2.08 bits per heavy atom. The number of hydrogen-bond acceptors (Lipinski definition) is 2. The monoisotopic (exact) mass is 172 g/mol. The lowest BCUT2D eigenvalue weighted by atomic mass is 9.75. The molecule has 0 aromatic carbocycles. The minimum atomic E-state index is -0.184. The van der Waals surface area contributed by atoms with Gasteiger partial charge < -0.3 is 10.2 Å². The van der Waals surface area contributed by atoms with Gasteiger partial charge in [-0.2, -0.15) is 0 Å². The third kappa shape index (κ3) is 2.20. The quantitative estimate of drug-likeness (QED) is 0.661. The lowest BCUT2D eigenvalue weighted by Crippen LogP contribution is -2.34. The van der Waals surface area contributed by atoms with Crippen LogP contribution in [-0.4, -0.2) is 22.9 Å². The van der Waals surface area contributed by atoms with E-state index in [9.17, 15) is 5.11 Å². The zero-order valence-electron chi connectivity index (χ0n) is 8.03. The largest absolute Gasteiger partial charge is 0.396 e. The van der Waals surface area contributed by atoms with Crippen LogP contribution in [-0.2, 0) is 0 Å². The van der Waals surface area contributed by atoms with E-state index in [1.54, 1.807) is 0 Å². The van der Waals surface area contributed by atoms with E-state index < -0.39 is 0 Å². The molecule has 2 nitrogen and oxygen atoms in total. The van der Waals surface area contributed by atoms with Crippen LogP contribution in [0.2, 0.25) is 0 Å². The van der Waals surface area contributed by atoms with E-state index >= 15 is 0 Å². The van der Waals surface area contributed by atoms with Crippen molar-refractivity contribution in [2.24, 2.45) is 17.8 Å². The Kier molecular flexibility index (Phi) is 3.53. The lowest BCUT2D eigenvalue weighted by molar-refractivity contribution is 0.00804. The molecule has 0 saturated heterocycles. The van der Waals surface area contributed by atoms with Gasteiger partial charge in [0, 0.05) is 6.61 Å². The summed E-state index contributed by atoms with van der Waals surface area (Å²) in [7, 11) is 0. The Bertz CT molecular complexity index is 136. The third-order valence-electron chi connectivity index (χ3n) is 3.15. The van der Waals surface area contributed by atoms with Gasteiger partial charge in [0.2, 0.25) is 0 Å². The van der Waals surface area contributed by atoms with Crippen molar-refractivity contribution in [3.05, 3.63) is 0 Å². The van der Waals surface area contributed by atoms with Gasteiger partial charge in [-0.25, -0.2) is 0 Å². The van der Waals surface area contributed by atoms with Gasteiger partial charge in [0.05, 0.1) is 6.10 Å². The van der Waals surface area contributed by atoms with Crippen LogP contribution in [0.25, 0.3) is 0 Å². The first kappa shape index (κ1) is 10.0. The van der Waals surface area contributed by atoms with Crippen molar-refractivity contribution in [2.45, 2.75) is 39.2 Å². The summed E-state index contributed by atoms with van der Waals surface area (Å²) in [5.74, 6) is 1.24. The molecule has 2 N–H and O–H groups in total. The summed E-state index contributed by atoms with van der Waals surface area (Å²) in [4.78, 5) is 0. The van der Waals surface area contributed by atoms with Gasteiger partial charge in [-0.3, -0.25) is 0 Å². The van der Waals surface area contributed by atoms with Crippen molar-refractivity contribution in [1.29, 1.82) is 0 Å². The zero-order valence-corrected chi connectivity index (χ0v) is 8.03. The molecule has 0 bridgehead atoms. The summed E-state index contributed by atoms with van der Waals surface area (Å²) in [6.45, 7) is 4.41. The Labute approximate surface area is 74.6 Å². The second kappa shape index (κ2) is 4.24. The van der Waals surface area contributed by atoms with Crippen LogP contribution >= 0.6 is 0 Å². The van der Waals surface area contributed by atoms with Crippen molar-refractivity contribution in [3.8, 4) is 0 Å². The SMILES string of the molecule is C[C@@H]1CC[C@@H]([C@@H](C)CO)[C@H](O)C1. The summed E-state index contributed by atoms with van der Waals surface area (Å²) in [6.07, 6.45) is 3.00. The molecule has 4 atom stereocenters. The molecule has 72 valence electrons. The van der Waals surface area contributed by atoms with Crippen molar-refractivity contribution in [2.75, 3.05) is 6.61 Å². The van der Waals surface area contributed by atoms with E-state index in [4.69, 9.17) is 5.11 Å². The fourth-order valence-electron chi connectivity index (χ4n) is 2.17. The second-order valence-corrected chi connectivity index (χ2v) is 4.31. The van der Waals surface area contributed by atoms with Crippen LogP contribution in [0.4, 0.5) is 0 Å². The molecule has 1 aliphatic carbocycles. The Morgan fingerprint density at radius 3 is 2.58 bits per heavy atom. The van der Waals surface area contributed by atoms with E-state index in [0.717, 1.165) is 12.8 Å². The van der Waals surface area contributed by atoms with Gasteiger partial charge in [-0.1, -0.05) is 20.3 Å². The molecule has 0 amide bonds. The summed E-state index contributed by atoms with van der Waals surface area (Å²) in [5.41, 5.74) is 0. The highest BCUT2D eigenvalue weighted by atomic mass is 16.3. The molecule has 1 fully saturated rings. The van der Waals surface area contributed by atoms with Crippen LogP contribution < -0.4 is 0 Å². The summed E-state index contributed by atoms with van der Waals surface area (Å²) >= 11 is 0. The summed E-state index contributed by atoms with van der Waals surface area (Å²) in [6, 6.07) is 0. The van der Waals surface area contributed by atoms with Gasteiger partial charge in [0.25, 0.3) is 0 Å². The molecule has 0 spiro atoms. The number of rotatable bonds is 2. The van der Waals surface area contributed by atoms with Crippen LogP contribution in [0, 0.1) is 17.8 Å². The van der Waals surface area contributed by atoms with Crippen molar-refractivity contribution in [1.82, 2.24) is 0 Å². The summed E-state index contributed by atoms with van der Waals surface area (Å²) < 4.78 is 0. The van der Waals surface area contributed by atoms with E-state index in [1.165, 1.54) is 6.42 Å². The van der Waals surface area contributed by atoms with Gasteiger partial charge in [0.15, 0.2) is 0 Å². The van der Waals surface area contributed by atoms with Crippen LogP contribution in [0.1, 0.15) is 33.1 Å². The Morgan fingerprint density at radius 1 is 1.42 bits per heavy atom. The molecular formula is C10H20O2. The van der Waals surface area contributed by atoms with Gasteiger partial charge in [0.1, 0.15) is 0 Å². The molecule has 0 heterocycles. The van der Waals surface area contributed by atoms with Crippen LogP contribution in [0.5, 0.6) is 0 Å². The first-order valence-corrected chi connectivity index (χ1v) is 4.94. The van der Waals surface area contributed by atoms with Crippen LogP contribution in [0.3, 0.4) is 0 Å². The van der Waals surface area contributed by atoms with E-state index in [0.29, 0.717) is 11.8 Å². The Balaban J connectivity index is 2.44. The average molecular weight is 172 g/mol. The fraction of sp³-hybridized carbons (Fsp3) is 1.00. The minimum absolute atomic E-state index is 0.184. The maximum atomic E-state index is 9.73. The normalized spacial score (nSPS) is 39.5. The predicted molar refractivity (Wildman–Crippen MR) is 48.8 cm³/mol. The van der Waals surface area contributed by atoms with Crippen molar-refractivity contribution >= 4 is 0 Å². The molecule has 0 unspecified atom stereocenters. The maximum absolute atomic E-state index is 9.73. The molecule has 1 aliphatic rings. The first-order chi connectivity index (χ1) is 5.65. The highest BCUT2D eigenvalue weighted by molar-refractivity contribution is 4.80. The third-order valence-corrected chi connectivity index (χ3v) is 3.15. The maximum Gasteiger partial charge on any atom is 0.0574 e. The van der Waals surface area contributed by atoms with E-state index in [-0.39, 0.29) is 18.6 Å². The topological polar surface area (TPSA) is 40.5 Å². The highest BCUT2D eigenvalue weighted by Gasteiger charge is 2.30. The number of hydrogen-bond donors (Lipinski definition) is 2. The fourth-order valence-corrected chi connectivity index (χ4v) is 2.17. The minimum Gasteiger partial charge on any atom is -0.396 e. The molecule has 0 aromatic rings. The smallest absolute Gasteiger partial charge is 0.0574 e. The molecule has 2 heteroatoms. The standard InChI is InChI=1S/C10H20O2/c1-7-3-4-9(8(2)6-11)10(12)5-7/h7-12H,3-6H2,1-2H3/t7-,8+,9+,10-/m1/s1. The van der Waals surface area contributed by atoms with Gasteiger partial charge in [-0.15, -0.1) is 0 Å². The number of aliphatic hydroxyl groups excluding tert-OH is 2. The number of aliphatic hydroxyl groups is 2. The molecule has 1 rings (SSSR count). The molecule has 0 radical (unpaired) electrons. The zero-order chi connectivity index (χ0) is 9.14. The molecular weight excluding hydrogens is 152 g/mol. The lowest BCUT2D eigenvalue weighted by Gasteiger charge is -2.34. The van der Waals surface area contributed by atoms with E-state index in [1.807, 2.05) is 6.92 Å². The van der Waals surface area contributed by atoms with Gasteiger partial charge >= 0.3 is 0 Å². The summed E-state index contributed by atoms with van der Waals surface area (Å²) in [5, 5.41) is 18.7. The van der Waals surface area contributed by atoms with Crippen molar-refractivity contribution < 1.29 is 10.2 Å². The second-order valence-electron chi connectivity index (χ2n) is 4.31. The molecule has 12 heavy (non-hydrogen) atoms. The Hall–Kier alpha value is -0.0800. The molecule has 0 aromatic heterocycles. The molecule has 1 saturated carbocycles. The average Bonchev–Trinajstić information content (AvgIpc) is 2.03. The van der Waals surface area contributed by atoms with Crippen molar-refractivity contribution in [3.63, 3.8) is 0 Å². The van der Waals surface area contributed by atoms with E-state index in [2.05, 4.69) is 6.92 Å². The van der Waals surface area contributed by atoms with Crippen LogP contribution in [0.15, 0.2) is 0 Å². The molecule has 0 aliphatic heterocycles. The predicted octanol–water partition coefficient (Wildman–Crippen LogP) is 1.41. The van der Waals surface area contributed by atoms with Gasteiger partial charge in [-0.05, 0) is 30.6 Å². The first-order valence-electron chi connectivity index (χ1n) is 4.94.